The fourth-order valence-corrected chi connectivity index (χ4v) is 3.65. The van der Waals surface area contributed by atoms with Crippen LogP contribution < -0.4 is 4.90 Å². The molecule has 6 nitrogen and oxygen atoms in total. The van der Waals surface area contributed by atoms with E-state index in [0.717, 1.165) is 47.2 Å². The van der Waals surface area contributed by atoms with Gasteiger partial charge in [-0.05, 0) is 36.8 Å². The lowest BCUT2D eigenvalue weighted by Crippen LogP contribution is -2.35. The number of hydrogen-bond acceptors (Lipinski definition) is 4. The van der Waals surface area contributed by atoms with Crippen LogP contribution in [0.25, 0.3) is 10.9 Å². The summed E-state index contributed by atoms with van der Waals surface area (Å²) in [5.41, 5.74) is 1.48. The first-order chi connectivity index (χ1) is 12.6. The lowest BCUT2D eigenvalue weighted by molar-refractivity contribution is 0.0760. The van der Waals surface area contributed by atoms with Crippen LogP contribution in [0.2, 0.25) is 0 Å². The summed E-state index contributed by atoms with van der Waals surface area (Å²) in [6, 6.07) is 12.1. The zero-order valence-corrected chi connectivity index (χ0v) is 16.2. The average molecular weight is 414 g/mol. The summed E-state index contributed by atoms with van der Waals surface area (Å²) < 4.78 is 2.69. The molecule has 0 spiro atoms. The van der Waals surface area contributed by atoms with Crippen LogP contribution in [0.1, 0.15) is 16.9 Å². The molecule has 0 atom stereocenters. The van der Waals surface area contributed by atoms with Crippen LogP contribution in [0.15, 0.2) is 47.1 Å². The highest BCUT2D eigenvalue weighted by molar-refractivity contribution is 9.10. The van der Waals surface area contributed by atoms with Crippen molar-refractivity contribution in [2.24, 2.45) is 7.05 Å². The second kappa shape index (κ2) is 7.07. The van der Waals surface area contributed by atoms with Gasteiger partial charge in [-0.25, -0.2) is 4.98 Å². The normalized spacial score (nSPS) is 15.3. The molecule has 0 N–H and O–H groups in total. The summed E-state index contributed by atoms with van der Waals surface area (Å²) in [6.07, 6.45) is 2.71. The predicted octanol–water partition coefficient (Wildman–Crippen LogP) is 3.08. The molecular formula is C19H20BrN5O. The molecule has 0 bridgehead atoms. The Hall–Kier alpha value is -2.41. The van der Waals surface area contributed by atoms with Gasteiger partial charge in [0.2, 0.25) is 0 Å². The zero-order chi connectivity index (χ0) is 18.1. The van der Waals surface area contributed by atoms with Crippen LogP contribution in [0.3, 0.4) is 0 Å². The largest absolute Gasteiger partial charge is 0.355 e. The number of anilines is 1. The van der Waals surface area contributed by atoms with Gasteiger partial charge in [0.15, 0.2) is 0 Å². The molecule has 1 aromatic carbocycles. The Morgan fingerprint density at radius 3 is 2.73 bits per heavy atom. The quantitative estimate of drug-likeness (QED) is 0.647. The lowest BCUT2D eigenvalue weighted by atomic mass is 10.2. The molecule has 0 unspecified atom stereocenters. The number of hydrogen-bond donors (Lipinski definition) is 0. The van der Waals surface area contributed by atoms with E-state index in [4.69, 9.17) is 4.98 Å². The van der Waals surface area contributed by atoms with Gasteiger partial charge in [-0.1, -0.05) is 22.0 Å². The van der Waals surface area contributed by atoms with Crippen LogP contribution in [0.4, 0.5) is 5.82 Å². The summed E-state index contributed by atoms with van der Waals surface area (Å²) in [4.78, 5) is 21.6. The third-order valence-corrected chi connectivity index (χ3v) is 5.17. The molecule has 134 valence electrons. The number of aryl methyl sites for hydroxylation is 1. The number of aromatic nitrogens is 3. The molecule has 1 saturated heterocycles. The number of amides is 1. The van der Waals surface area contributed by atoms with E-state index >= 15 is 0 Å². The Morgan fingerprint density at radius 1 is 1.08 bits per heavy atom. The van der Waals surface area contributed by atoms with E-state index in [2.05, 4.69) is 44.1 Å². The van der Waals surface area contributed by atoms with Crippen LogP contribution in [-0.4, -0.2) is 51.8 Å². The maximum atomic E-state index is 12.6. The van der Waals surface area contributed by atoms with Gasteiger partial charge in [0, 0.05) is 49.3 Å². The van der Waals surface area contributed by atoms with E-state index < -0.39 is 0 Å². The van der Waals surface area contributed by atoms with Crippen LogP contribution >= 0.6 is 15.9 Å². The number of carbonyl (C=O) groups excluding carboxylic acids is 1. The Balaban J connectivity index is 1.50. The first-order valence-electron chi connectivity index (χ1n) is 8.70. The number of halogens is 1. The van der Waals surface area contributed by atoms with Crippen LogP contribution in [0.5, 0.6) is 0 Å². The van der Waals surface area contributed by atoms with E-state index in [9.17, 15) is 4.79 Å². The summed E-state index contributed by atoms with van der Waals surface area (Å²) in [5.74, 6) is 0.964. The van der Waals surface area contributed by atoms with Gasteiger partial charge in [-0.2, -0.15) is 5.10 Å². The van der Waals surface area contributed by atoms with Gasteiger partial charge in [-0.15, -0.1) is 0 Å². The van der Waals surface area contributed by atoms with Crippen LogP contribution in [-0.2, 0) is 7.05 Å². The Morgan fingerprint density at radius 2 is 1.92 bits per heavy atom. The molecule has 1 fully saturated rings. The van der Waals surface area contributed by atoms with Gasteiger partial charge in [0.1, 0.15) is 11.5 Å². The summed E-state index contributed by atoms with van der Waals surface area (Å²) in [7, 11) is 1.82. The lowest BCUT2D eigenvalue weighted by Gasteiger charge is -2.22. The van der Waals surface area contributed by atoms with Crippen molar-refractivity contribution in [3.8, 4) is 0 Å². The topological polar surface area (TPSA) is 54.3 Å². The summed E-state index contributed by atoms with van der Waals surface area (Å²) in [6.45, 7) is 3.07. The highest BCUT2D eigenvalue weighted by atomic mass is 79.9. The first kappa shape index (κ1) is 17.0. The van der Waals surface area contributed by atoms with Gasteiger partial charge < -0.3 is 9.80 Å². The number of fused-ring (bicyclic) bond motifs is 1. The Kier molecular flexibility index (Phi) is 4.63. The molecule has 7 heteroatoms. The zero-order valence-electron chi connectivity index (χ0n) is 14.6. The highest BCUT2D eigenvalue weighted by Gasteiger charge is 2.22. The molecule has 1 aliphatic rings. The number of carbonyl (C=O) groups is 1. The van der Waals surface area contributed by atoms with E-state index in [0.29, 0.717) is 12.2 Å². The van der Waals surface area contributed by atoms with E-state index in [-0.39, 0.29) is 5.91 Å². The first-order valence-corrected chi connectivity index (χ1v) is 9.50. The Bertz CT molecular complexity index is 954. The maximum absolute atomic E-state index is 12.6. The minimum absolute atomic E-state index is 0.00264. The van der Waals surface area contributed by atoms with Crippen molar-refractivity contribution in [1.82, 2.24) is 19.7 Å². The van der Waals surface area contributed by atoms with E-state index in [1.807, 2.05) is 24.1 Å². The van der Waals surface area contributed by atoms with Gasteiger partial charge >= 0.3 is 0 Å². The van der Waals surface area contributed by atoms with Gasteiger partial charge in [0.25, 0.3) is 5.91 Å². The number of rotatable bonds is 2. The van der Waals surface area contributed by atoms with Gasteiger partial charge in [-0.3, -0.25) is 9.48 Å². The second-order valence-electron chi connectivity index (χ2n) is 6.51. The monoisotopic (exact) mass is 413 g/mol. The smallest absolute Gasteiger partial charge is 0.274 e. The minimum Gasteiger partial charge on any atom is -0.355 e. The number of benzene rings is 1. The molecule has 1 amide bonds. The maximum Gasteiger partial charge on any atom is 0.274 e. The van der Waals surface area contributed by atoms with Crippen molar-refractivity contribution in [3.05, 3.63) is 52.8 Å². The van der Waals surface area contributed by atoms with Crippen molar-refractivity contribution >= 4 is 38.6 Å². The van der Waals surface area contributed by atoms with Crippen molar-refractivity contribution in [2.45, 2.75) is 6.42 Å². The SMILES string of the molecule is Cn1ccc(C(=O)N2CCCN(c3ccc4ccc(Br)cc4n3)CC2)n1. The highest BCUT2D eigenvalue weighted by Crippen LogP contribution is 2.22. The summed E-state index contributed by atoms with van der Waals surface area (Å²) in [5, 5.41) is 5.35. The molecule has 3 aromatic rings. The second-order valence-corrected chi connectivity index (χ2v) is 7.43. The molecule has 3 heterocycles. The van der Waals surface area contributed by atoms with Crippen molar-refractivity contribution < 1.29 is 4.79 Å². The fraction of sp³-hybridized carbons (Fsp3) is 0.316. The molecule has 0 saturated carbocycles. The number of pyridine rings is 1. The summed E-state index contributed by atoms with van der Waals surface area (Å²) >= 11 is 3.51. The third-order valence-electron chi connectivity index (χ3n) is 4.68. The van der Waals surface area contributed by atoms with Crippen molar-refractivity contribution in [2.75, 3.05) is 31.1 Å². The molecule has 2 aromatic heterocycles. The van der Waals surface area contributed by atoms with Crippen LogP contribution in [0, 0.1) is 0 Å². The molecule has 4 rings (SSSR count). The fourth-order valence-electron chi connectivity index (χ4n) is 3.30. The molecule has 0 radical (unpaired) electrons. The molecular weight excluding hydrogens is 394 g/mol. The molecule has 26 heavy (non-hydrogen) atoms. The molecule has 1 aliphatic heterocycles. The van der Waals surface area contributed by atoms with Crippen molar-refractivity contribution in [3.63, 3.8) is 0 Å². The van der Waals surface area contributed by atoms with E-state index in [1.165, 1.54) is 0 Å². The standard InChI is InChI=1S/C19H20BrN5O/c1-23-10-7-16(22-23)19(26)25-9-2-8-24(11-12-25)18-6-4-14-3-5-15(20)13-17(14)21-18/h3-7,10,13H,2,8-9,11-12H2,1H3. The Labute approximate surface area is 160 Å². The minimum atomic E-state index is 0.00264. The van der Waals surface area contributed by atoms with E-state index in [1.54, 1.807) is 16.9 Å². The van der Waals surface area contributed by atoms with Gasteiger partial charge in [0.05, 0.1) is 5.52 Å². The average Bonchev–Trinajstić information content (AvgIpc) is 2.92. The number of nitrogens with zero attached hydrogens (tertiary/aromatic N) is 5. The third kappa shape index (κ3) is 3.44. The predicted molar refractivity (Wildman–Crippen MR) is 105 cm³/mol. The molecule has 0 aliphatic carbocycles. The van der Waals surface area contributed by atoms with Crippen molar-refractivity contribution in [1.29, 1.82) is 0 Å².